The second-order valence-corrected chi connectivity index (χ2v) is 10.5. The molecular formula is C31H31FN10O. The molecule has 43 heavy (non-hydrogen) atoms. The summed E-state index contributed by atoms with van der Waals surface area (Å²) in [5.74, 6) is 0.115. The highest BCUT2D eigenvalue weighted by Crippen LogP contribution is 2.33. The first-order valence-corrected chi connectivity index (χ1v) is 14.0. The minimum Gasteiger partial charge on any atom is -0.384 e. The number of benzene rings is 1. The standard InChI is InChI=1S/C31H31FN10O/c1-4-5-27(43)37-22-12-19(15-33-16-22)25-14-23-26(17-36-25)40-41-29(23)31-38-24-6-7-35-28(30(24)39-31)18-10-20(32)13-21(11-18)34-8-9-42(2)3/h6-7,10-17,34H,4-5,8-9H2,1-3H3,(H,37,43)(H,38,39)(H,40,41). The van der Waals surface area contributed by atoms with Crippen LogP contribution < -0.4 is 10.6 Å². The largest absolute Gasteiger partial charge is 0.384 e. The summed E-state index contributed by atoms with van der Waals surface area (Å²) in [6.07, 6.45) is 7.89. The van der Waals surface area contributed by atoms with Gasteiger partial charge in [-0.2, -0.15) is 5.10 Å². The van der Waals surface area contributed by atoms with Gasteiger partial charge in [-0.25, -0.2) is 9.37 Å². The highest BCUT2D eigenvalue weighted by Gasteiger charge is 2.18. The van der Waals surface area contributed by atoms with E-state index in [1.165, 1.54) is 12.1 Å². The molecular weight excluding hydrogens is 547 g/mol. The lowest BCUT2D eigenvalue weighted by atomic mass is 10.1. The van der Waals surface area contributed by atoms with Crippen molar-refractivity contribution in [1.82, 2.24) is 40.0 Å². The number of H-pyrrole nitrogens is 2. The zero-order valence-corrected chi connectivity index (χ0v) is 24.1. The maximum atomic E-state index is 14.7. The van der Waals surface area contributed by atoms with Crippen LogP contribution in [0.5, 0.6) is 0 Å². The van der Waals surface area contributed by atoms with E-state index in [-0.39, 0.29) is 11.7 Å². The number of fused-ring (bicyclic) bond motifs is 2. The van der Waals surface area contributed by atoms with E-state index in [0.717, 1.165) is 34.9 Å². The molecule has 4 N–H and O–H groups in total. The molecule has 1 aromatic carbocycles. The summed E-state index contributed by atoms with van der Waals surface area (Å²) < 4.78 is 14.7. The van der Waals surface area contributed by atoms with Crippen LogP contribution >= 0.6 is 0 Å². The van der Waals surface area contributed by atoms with E-state index in [0.29, 0.717) is 58.3 Å². The van der Waals surface area contributed by atoms with Gasteiger partial charge in [0.05, 0.1) is 40.5 Å². The fraction of sp³-hybridized carbons (Fsp3) is 0.226. The van der Waals surface area contributed by atoms with E-state index in [2.05, 4.69) is 45.7 Å². The topological polar surface area (TPSA) is 140 Å². The molecule has 0 fully saturated rings. The van der Waals surface area contributed by atoms with Crippen molar-refractivity contribution in [3.05, 3.63) is 67.0 Å². The van der Waals surface area contributed by atoms with Crippen LogP contribution in [0.1, 0.15) is 19.8 Å². The van der Waals surface area contributed by atoms with Gasteiger partial charge in [0, 0.05) is 54.1 Å². The number of likely N-dealkylation sites (N-methyl/N-ethyl adjacent to an activating group) is 1. The van der Waals surface area contributed by atoms with Gasteiger partial charge in [-0.3, -0.25) is 24.8 Å². The summed E-state index contributed by atoms with van der Waals surface area (Å²) in [6, 6.07) is 10.4. The maximum Gasteiger partial charge on any atom is 0.224 e. The number of nitrogens with zero attached hydrogens (tertiary/aromatic N) is 6. The number of carbonyl (C=O) groups is 1. The van der Waals surface area contributed by atoms with Crippen LogP contribution in [-0.4, -0.2) is 73.1 Å². The van der Waals surface area contributed by atoms with Crippen LogP contribution in [0.2, 0.25) is 0 Å². The summed E-state index contributed by atoms with van der Waals surface area (Å²) in [5.41, 5.74) is 6.57. The quantitative estimate of drug-likeness (QED) is 0.168. The molecule has 6 rings (SSSR count). The lowest BCUT2D eigenvalue weighted by molar-refractivity contribution is -0.116. The smallest absolute Gasteiger partial charge is 0.224 e. The van der Waals surface area contributed by atoms with Gasteiger partial charge in [0.25, 0.3) is 0 Å². The SMILES string of the molecule is CCCC(=O)Nc1cncc(-c2cc3c(-c4nc5c(-c6cc(F)cc(NCCN(C)C)c6)nccc5[nH]4)n[nH]c3cn2)c1. The number of hydrogen-bond donors (Lipinski definition) is 4. The Morgan fingerprint density at radius 1 is 0.977 bits per heavy atom. The van der Waals surface area contributed by atoms with E-state index >= 15 is 0 Å². The van der Waals surface area contributed by atoms with Crippen LogP contribution in [0, 0.1) is 5.82 Å². The lowest BCUT2D eigenvalue weighted by Crippen LogP contribution is -2.20. The minimum absolute atomic E-state index is 0.0595. The monoisotopic (exact) mass is 578 g/mol. The molecule has 0 saturated heterocycles. The molecule has 0 atom stereocenters. The van der Waals surface area contributed by atoms with E-state index in [4.69, 9.17) is 4.98 Å². The van der Waals surface area contributed by atoms with E-state index < -0.39 is 0 Å². The summed E-state index contributed by atoms with van der Waals surface area (Å²) >= 11 is 0. The molecule has 5 heterocycles. The molecule has 0 aliphatic rings. The maximum absolute atomic E-state index is 14.7. The number of aromatic amines is 2. The molecule has 11 nitrogen and oxygen atoms in total. The van der Waals surface area contributed by atoms with Gasteiger partial charge in [0.2, 0.25) is 5.91 Å². The molecule has 1 amide bonds. The average molecular weight is 579 g/mol. The molecule has 0 aliphatic carbocycles. The van der Waals surface area contributed by atoms with Crippen molar-refractivity contribution >= 4 is 39.2 Å². The fourth-order valence-electron chi connectivity index (χ4n) is 4.87. The third-order valence-electron chi connectivity index (χ3n) is 6.93. The molecule has 5 aromatic heterocycles. The molecule has 0 aliphatic heterocycles. The van der Waals surface area contributed by atoms with Crippen molar-refractivity contribution in [2.45, 2.75) is 19.8 Å². The van der Waals surface area contributed by atoms with E-state index in [9.17, 15) is 9.18 Å². The van der Waals surface area contributed by atoms with Crippen LogP contribution in [0.25, 0.3) is 56.0 Å². The minimum atomic E-state index is -0.360. The molecule has 218 valence electrons. The van der Waals surface area contributed by atoms with Crippen molar-refractivity contribution < 1.29 is 9.18 Å². The number of imidazole rings is 1. The number of pyridine rings is 3. The number of aromatic nitrogens is 7. The average Bonchev–Trinajstić information content (AvgIpc) is 3.60. The molecule has 0 unspecified atom stereocenters. The first-order chi connectivity index (χ1) is 20.9. The third-order valence-corrected chi connectivity index (χ3v) is 6.93. The Morgan fingerprint density at radius 2 is 1.84 bits per heavy atom. The van der Waals surface area contributed by atoms with Gasteiger partial charge in [0.1, 0.15) is 17.0 Å². The molecule has 0 spiro atoms. The van der Waals surface area contributed by atoms with E-state index in [1.54, 1.807) is 24.8 Å². The fourth-order valence-corrected chi connectivity index (χ4v) is 4.87. The van der Waals surface area contributed by atoms with Gasteiger partial charge in [-0.15, -0.1) is 0 Å². The normalized spacial score (nSPS) is 11.5. The van der Waals surface area contributed by atoms with Crippen LogP contribution in [0.4, 0.5) is 15.8 Å². The van der Waals surface area contributed by atoms with Crippen molar-refractivity contribution in [2.24, 2.45) is 0 Å². The summed E-state index contributed by atoms with van der Waals surface area (Å²) in [6.45, 7) is 3.45. The lowest BCUT2D eigenvalue weighted by Gasteiger charge is -2.12. The number of halogens is 1. The number of hydrogen-bond acceptors (Lipinski definition) is 8. The van der Waals surface area contributed by atoms with Gasteiger partial charge in [0.15, 0.2) is 5.82 Å². The first-order valence-electron chi connectivity index (χ1n) is 14.0. The number of nitrogens with one attached hydrogen (secondary N) is 4. The number of carbonyl (C=O) groups excluding carboxylic acids is 1. The summed E-state index contributed by atoms with van der Waals surface area (Å²) in [7, 11) is 3.98. The third kappa shape index (κ3) is 6.04. The first kappa shape index (κ1) is 27.9. The molecule has 0 bridgehead atoms. The zero-order chi connectivity index (χ0) is 29.9. The van der Waals surface area contributed by atoms with Crippen LogP contribution in [-0.2, 0) is 4.79 Å². The Labute approximate surface area is 247 Å². The second-order valence-electron chi connectivity index (χ2n) is 10.5. The summed E-state index contributed by atoms with van der Waals surface area (Å²) in [5, 5.41) is 14.5. The Bertz CT molecular complexity index is 1930. The molecule has 12 heteroatoms. The highest BCUT2D eigenvalue weighted by molar-refractivity contribution is 5.97. The van der Waals surface area contributed by atoms with Gasteiger partial charge in [-0.1, -0.05) is 6.92 Å². The number of amides is 1. The molecule has 0 saturated carbocycles. The Morgan fingerprint density at radius 3 is 2.67 bits per heavy atom. The second kappa shape index (κ2) is 11.9. The van der Waals surface area contributed by atoms with Crippen LogP contribution in [0.15, 0.2) is 61.2 Å². The predicted molar refractivity (Wildman–Crippen MR) is 166 cm³/mol. The van der Waals surface area contributed by atoms with Crippen molar-refractivity contribution in [3.8, 4) is 34.0 Å². The van der Waals surface area contributed by atoms with Crippen molar-refractivity contribution in [3.63, 3.8) is 0 Å². The Hall–Kier alpha value is -5.23. The number of anilines is 2. The predicted octanol–water partition coefficient (Wildman–Crippen LogP) is 5.48. The molecule has 0 radical (unpaired) electrons. The van der Waals surface area contributed by atoms with E-state index in [1.807, 2.05) is 45.3 Å². The highest BCUT2D eigenvalue weighted by atomic mass is 19.1. The van der Waals surface area contributed by atoms with Crippen molar-refractivity contribution in [2.75, 3.05) is 37.8 Å². The zero-order valence-electron chi connectivity index (χ0n) is 24.1. The van der Waals surface area contributed by atoms with Crippen LogP contribution in [0.3, 0.4) is 0 Å². The Kier molecular flexibility index (Phi) is 7.75. The molecule has 6 aromatic rings. The van der Waals surface area contributed by atoms with Gasteiger partial charge in [-0.05, 0) is 56.9 Å². The van der Waals surface area contributed by atoms with Gasteiger partial charge < -0.3 is 20.5 Å². The number of rotatable bonds is 10. The summed E-state index contributed by atoms with van der Waals surface area (Å²) in [4.78, 5) is 35.8. The van der Waals surface area contributed by atoms with Crippen molar-refractivity contribution in [1.29, 1.82) is 0 Å². The van der Waals surface area contributed by atoms with Gasteiger partial charge >= 0.3 is 0 Å². The Balaban J connectivity index is 1.35.